The van der Waals surface area contributed by atoms with Crippen LogP contribution in [0.25, 0.3) is 0 Å². The fraction of sp³-hybridized carbons (Fsp3) is 0.600. The second-order valence-electron chi connectivity index (χ2n) is 10.2. The van der Waals surface area contributed by atoms with Crippen molar-refractivity contribution >= 4 is 27.3 Å². The van der Waals surface area contributed by atoms with Gasteiger partial charge in [0.15, 0.2) is 0 Å². The van der Waals surface area contributed by atoms with Gasteiger partial charge in [0.1, 0.15) is 11.5 Å². The van der Waals surface area contributed by atoms with E-state index in [4.69, 9.17) is 19.7 Å². The molecule has 9 heteroatoms. The molecule has 0 aliphatic carbocycles. The standard InChI is InChI=1S/C15H24N2O2.C11H16N2O.C4H9BrO/c1-13(12-18)11-16-7-9-17(10-8-16)14-3-5-15(19-2)6-4-14;1-14-11-4-2-10(3-5-11)13-8-6-12-7-9-13;1-4(2-5)3-6/h3-6,13,18H,7-12H2,1-2H3;2-5,12H,6-9H2,1H3;4,6H,2-3H2,1H3/t13-;;4-/m0.0/s1. The van der Waals surface area contributed by atoms with Crippen molar-refractivity contribution in [3.63, 3.8) is 0 Å². The lowest BCUT2D eigenvalue weighted by Crippen LogP contribution is -2.47. The van der Waals surface area contributed by atoms with Gasteiger partial charge in [-0.15, -0.1) is 0 Å². The number of hydrogen-bond acceptors (Lipinski definition) is 8. The van der Waals surface area contributed by atoms with E-state index in [-0.39, 0.29) is 13.2 Å². The zero-order valence-corrected chi connectivity index (χ0v) is 25.8. The number of nitrogens with zero attached hydrogens (tertiary/aromatic N) is 3. The van der Waals surface area contributed by atoms with Crippen LogP contribution in [0.2, 0.25) is 0 Å². The molecule has 2 aromatic carbocycles. The van der Waals surface area contributed by atoms with Crippen LogP contribution in [-0.4, -0.2) is 107 Å². The Labute approximate surface area is 244 Å². The summed E-state index contributed by atoms with van der Waals surface area (Å²) in [6.07, 6.45) is 0. The topological polar surface area (TPSA) is 80.7 Å². The van der Waals surface area contributed by atoms with Crippen molar-refractivity contribution in [3.8, 4) is 11.5 Å². The van der Waals surface area contributed by atoms with Crippen LogP contribution in [0.4, 0.5) is 11.4 Å². The molecule has 4 rings (SSSR count). The molecule has 2 aromatic rings. The molecule has 0 amide bonds. The first kappa shape index (κ1) is 33.2. The van der Waals surface area contributed by atoms with Gasteiger partial charge in [0.25, 0.3) is 0 Å². The van der Waals surface area contributed by atoms with Crippen molar-refractivity contribution in [1.29, 1.82) is 0 Å². The van der Waals surface area contributed by atoms with Gasteiger partial charge < -0.3 is 34.8 Å². The summed E-state index contributed by atoms with van der Waals surface area (Å²) in [5.41, 5.74) is 2.54. The predicted molar refractivity (Wildman–Crippen MR) is 166 cm³/mol. The van der Waals surface area contributed by atoms with Gasteiger partial charge in [0.05, 0.1) is 14.2 Å². The highest BCUT2D eigenvalue weighted by molar-refractivity contribution is 9.09. The van der Waals surface area contributed by atoms with Gasteiger partial charge in [0.2, 0.25) is 0 Å². The summed E-state index contributed by atoms with van der Waals surface area (Å²) < 4.78 is 10.3. The van der Waals surface area contributed by atoms with E-state index >= 15 is 0 Å². The van der Waals surface area contributed by atoms with Crippen LogP contribution >= 0.6 is 15.9 Å². The van der Waals surface area contributed by atoms with Crippen LogP contribution in [0.3, 0.4) is 0 Å². The minimum Gasteiger partial charge on any atom is -0.497 e. The normalized spacial score (nSPS) is 17.2. The Bertz CT molecular complexity index is 870. The molecule has 0 spiro atoms. The van der Waals surface area contributed by atoms with E-state index in [1.165, 1.54) is 11.4 Å². The largest absolute Gasteiger partial charge is 0.497 e. The van der Waals surface area contributed by atoms with E-state index in [0.717, 1.165) is 75.7 Å². The molecule has 2 atom stereocenters. The van der Waals surface area contributed by atoms with Crippen molar-refractivity contribution in [2.24, 2.45) is 11.8 Å². The summed E-state index contributed by atoms with van der Waals surface area (Å²) in [5, 5.41) is 21.6. The maximum Gasteiger partial charge on any atom is 0.119 e. The molecule has 2 fully saturated rings. The van der Waals surface area contributed by atoms with E-state index in [9.17, 15) is 0 Å². The van der Waals surface area contributed by atoms with Crippen molar-refractivity contribution in [2.45, 2.75) is 13.8 Å². The monoisotopic (exact) mass is 608 g/mol. The number of ether oxygens (including phenoxy) is 2. The first-order valence-corrected chi connectivity index (χ1v) is 15.0. The highest BCUT2D eigenvalue weighted by Gasteiger charge is 2.18. The van der Waals surface area contributed by atoms with Gasteiger partial charge in [-0.3, -0.25) is 4.90 Å². The SMILES string of the molecule is COc1ccc(N2CCN(C[C@H](C)CO)CC2)cc1.COc1ccc(N2CCNCC2)cc1.C[C@H](CO)CBr. The summed E-state index contributed by atoms with van der Waals surface area (Å²) in [7, 11) is 3.38. The Morgan fingerprint density at radius 1 is 0.718 bits per heavy atom. The number of aliphatic hydroxyl groups is 2. The summed E-state index contributed by atoms with van der Waals surface area (Å²) in [6, 6.07) is 16.5. The van der Waals surface area contributed by atoms with Crippen LogP contribution in [0, 0.1) is 11.8 Å². The van der Waals surface area contributed by atoms with Crippen molar-refractivity contribution in [2.75, 3.05) is 101 Å². The van der Waals surface area contributed by atoms with E-state index < -0.39 is 0 Å². The lowest BCUT2D eigenvalue weighted by atomic mass is 10.1. The van der Waals surface area contributed by atoms with E-state index in [2.05, 4.69) is 67.1 Å². The second kappa shape index (κ2) is 19.1. The lowest BCUT2D eigenvalue weighted by Gasteiger charge is -2.37. The quantitative estimate of drug-likeness (QED) is 0.373. The van der Waals surface area contributed by atoms with E-state index in [1.807, 2.05) is 31.2 Å². The van der Waals surface area contributed by atoms with Crippen LogP contribution in [-0.2, 0) is 0 Å². The zero-order valence-electron chi connectivity index (χ0n) is 24.2. The van der Waals surface area contributed by atoms with Crippen molar-refractivity contribution < 1.29 is 19.7 Å². The molecule has 0 aromatic heterocycles. The predicted octanol–water partition coefficient (Wildman–Crippen LogP) is 3.56. The fourth-order valence-electron chi connectivity index (χ4n) is 4.25. The Hall–Kier alpha value is -2.04. The summed E-state index contributed by atoms with van der Waals surface area (Å²) in [4.78, 5) is 7.22. The third-order valence-electron chi connectivity index (χ3n) is 6.82. The Balaban J connectivity index is 0.000000234. The summed E-state index contributed by atoms with van der Waals surface area (Å²) in [6.45, 7) is 14.2. The average molecular weight is 610 g/mol. The average Bonchev–Trinajstić information content (AvgIpc) is 3.02. The summed E-state index contributed by atoms with van der Waals surface area (Å²) >= 11 is 3.21. The number of rotatable bonds is 9. The van der Waals surface area contributed by atoms with Gasteiger partial charge >= 0.3 is 0 Å². The molecular weight excluding hydrogens is 560 g/mol. The van der Waals surface area contributed by atoms with Crippen LogP contribution < -0.4 is 24.6 Å². The van der Waals surface area contributed by atoms with Gasteiger partial charge in [0, 0.05) is 88.8 Å². The maximum absolute atomic E-state index is 9.10. The summed E-state index contributed by atoms with van der Waals surface area (Å²) in [5.74, 6) is 2.60. The number of benzene rings is 2. The molecule has 39 heavy (non-hydrogen) atoms. The molecule has 220 valence electrons. The molecule has 8 nitrogen and oxygen atoms in total. The number of anilines is 2. The molecule has 3 N–H and O–H groups in total. The number of hydrogen-bond donors (Lipinski definition) is 3. The molecule has 2 aliphatic heterocycles. The number of aliphatic hydroxyl groups excluding tert-OH is 2. The van der Waals surface area contributed by atoms with Crippen molar-refractivity contribution in [3.05, 3.63) is 48.5 Å². The number of methoxy groups -OCH3 is 2. The smallest absolute Gasteiger partial charge is 0.119 e. The van der Waals surface area contributed by atoms with Gasteiger partial charge in [-0.1, -0.05) is 29.8 Å². The third-order valence-corrected chi connectivity index (χ3v) is 7.93. The molecule has 0 unspecified atom stereocenters. The van der Waals surface area contributed by atoms with Crippen LogP contribution in [0.5, 0.6) is 11.5 Å². The zero-order chi connectivity index (χ0) is 28.5. The van der Waals surface area contributed by atoms with Crippen LogP contribution in [0.1, 0.15) is 13.8 Å². The number of nitrogens with one attached hydrogen (secondary N) is 1. The molecular formula is C30H49BrN4O4. The van der Waals surface area contributed by atoms with Gasteiger partial charge in [-0.2, -0.15) is 0 Å². The molecule has 2 heterocycles. The number of halogens is 1. The molecule has 2 saturated heterocycles. The minimum atomic E-state index is 0.276. The van der Waals surface area contributed by atoms with Crippen molar-refractivity contribution in [1.82, 2.24) is 10.2 Å². The highest BCUT2D eigenvalue weighted by Crippen LogP contribution is 2.21. The third kappa shape index (κ3) is 12.3. The number of alkyl halides is 1. The molecule has 0 saturated carbocycles. The first-order valence-electron chi connectivity index (χ1n) is 13.9. The molecule has 0 bridgehead atoms. The van der Waals surface area contributed by atoms with Gasteiger partial charge in [-0.25, -0.2) is 0 Å². The Morgan fingerprint density at radius 2 is 1.15 bits per heavy atom. The first-order chi connectivity index (χ1) is 18.9. The molecule has 2 aliphatic rings. The second-order valence-corrected chi connectivity index (χ2v) is 10.8. The molecule has 0 radical (unpaired) electrons. The lowest BCUT2D eigenvalue weighted by molar-refractivity contribution is 0.167. The van der Waals surface area contributed by atoms with E-state index in [1.54, 1.807) is 14.2 Å². The maximum atomic E-state index is 9.10. The van der Waals surface area contributed by atoms with Crippen LogP contribution in [0.15, 0.2) is 48.5 Å². The highest BCUT2D eigenvalue weighted by atomic mass is 79.9. The fourth-order valence-corrected chi connectivity index (χ4v) is 4.45. The Kier molecular flexibility index (Phi) is 16.3. The Morgan fingerprint density at radius 3 is 1.51 bits per heavy atom. The minimum absolute atomic E-state index is 0.276. The van der Waals surface area contributed by atoms with Gasteiger partial charge in [-0.05, 0) is 60.4 Å². The number of piperazine rings is 2. The van der Waals surface area contributed by atoms with E-state index in [0.29, 0.717) is 11.8 Å².